The molecule has 0 aliphatic rings. The summed E-state index contributed by atoms with van der Waals surface area (Å²) < 4.78 is 0. The van der Waals surface area contributed by atoms with E-state index in [0.29, 0.717) is 5.92 Å². The fourth-order valence-corrected chi connectivity index (χ4v) is 1.97. The van der Waals surface area contributed by atoms with Crippen molar-refractivity contribution in [1.29, 1.82) is 0 Å². The molecule has 1 heteroatoms. The zero-order valence-corrected chi connectivity index (χ0v) is 10.3. The number of H-pyrrole nitrogens is 1. The molecule has 0 fully saturated rings. The second-order valence-electron chi connectivity index (χ2n) is 4.81. The third-order valence-electron chi connectivity index (χ3n) is 3.29. The van der Waals surface area contributed by atoms with Crippen molar-refractivity contribution in [2.45, 2.75) is 27.2 Å². The maximum Gasteiger partial charge on any atom is 0.0456 e. The third-order valence-corrected chi connectivity index (χ3v) is 3.29. The molecule has 0 saturated heterocycles. The first-order valence-corrected chi connectivity index (χ1v) is 5.80. The minimum atomic E-state index is 0.541. The van der Waals surface area contributed by atoms with Crippen molar-refractivity contribution < 1.29 is 0 Å². The number of benzene rings is 1. The van der Waals surface area contributed by atoms with Crippen LogP contribution in [0.25, 0.3) is 10.9 Å². The summed E-state index contributed by atoms with van der Waals surface area (Å²) in [7, 11) is 0. The molecule has 2 rings (SSSR count). The average molecular weight is 213 g/mol. The molecule has 1 aromatic carbocycles. The summed E-state index contributed by atoms with van der Waals surface area (Å²) in [6.45, 7) is 10.5. The van der Waals surface area contributed by atoms with Crippen LogP contribution in [0, 0.1) is 12.8 Å². The van der Waals surface area contributed by atoms with Crippen LogP contribution < -0.4 is 0 Å². The molecular formula is C15H19N. The van der Waals surface area contributed by atoms with Gasteiger partial charge >= 0.3 is 0 Å². The molecule has 1 heterocycles. The molecule has 0 aliphatic carbocycles. The molecule has 0 spiro atoms. The first kappa shape index (κ1) is 11.0. The zero-order valence-electron chi connectivity index (χ0n) is 10.3. The Balaban J connectivity index is 2.37. The topological polar surface area (TPSA) is 15.8 Å². The summed E-state index contributed by atoms with van der Waals surface area (Å²) >= 11 is 0. The third kappa shape index (κ3) is 2.04. The first-order chi connectivity index (χ1) is 7.58. The van der Waals surface area contributed by atoms with Crippen molar-refractivity contribution >= 4 is 10.9 Å². The van der Waals surface area contributed by atoms with E-state index in [1.165, 1.54) is 27.6 Å². The number of aromatic nitrogens is 1. The highest BCUT2D eigenvalue weighted by Crippen LogP contribution is 2.24. The van der Waals surface area contributed by atoms with Gasteiger partial charge < -0.3 is 4.98 Å². The molecule has 0 aliphatic heterocycles. The molecular weight excluding hydrogens is 194 g/mol. The average Bonchev–Trinajstić information content (AvgIpc) is 2.61. The molecule has 1 atom stereocenters. The van der Waals surface area contributed by atoms with Crippen LogP contribution in [0.4, 0.5) is 0 Å². The van der Waals surface area contributed by atoms with E-state index in [1.807, 2.05) is 0 Å². The van der Waals surface area contributed by atoms with Gasteiger partial charge in [-0.1, -0.05) is 30.7 Å². The normalized spacial score (nSPS) is 12.9. The van der Waals surface area contributed by atoms with Gasteiger partial charge in [0, 0.05) is 17.1 Å². The van der Waals surface area contributed by atoms with E-state index in [9.17, 15) is 0 Å². The lowest BCUT2D eigenvalue weighted by atomic mass is 9.95. The predicted octanol–water partition coefficient (Wildman–Crippen LogP) is 4.23. The van der Waals surface area contributed by atoms with E-state index in [0.717, 1.165) is 6.42 Å². The second-order valence-corrected chi connectivity index (χ2v) is 4.81. The van der Waals surface area contributed by atoms with Crippen LogP contribution in [0.5, 0.6) is 0 Å². The van der Waals surface area contributed by atoms with Crippen molar-refractivity contribution in [1.82, 2.24) is 4.98 Å². The highest BCUT2D eigenvalue weighted by atomic mass is 14.7. The van der Waals surface area contributed by atoms with Gasteiger partial charge in [0.1, 0.15) is 0 Å². The maximum atomic E-state index is 4.02. The van der Waals surface area contributed by atoms with Crippen molar-refractivity contribution in [3.8, 4) is 0 Å². The van der Waals surface area contributed by atoms with Crippen LogP contribution in [0.15, 0.2) is 36.5 Å². The lowest BCUT2D eigenvalue weighted by Crippen LogP contribution is -1.99. The van der Waals surface area contributed by atoms with Gasteiger partial charge in [0.15, 0.2) is 0 Å². The van der Waals surface area contributed by atoms with Crippen LogP contribution >= 0.6 is 0 Å². The molecule has 84 valence electrons. The van der Waals surface area contributed by atoms with E-state index in [-0.39, 0.29) is 0 Å². The van der Waals surface area contributed by atoms with Crippen molar-refractivity contribution in [3.63, 3.8) is 0 Å². The van der Waals surface area contributed by atoms with Crippen LogP contribution in [0.2, 0.25) is 0 Å². The lowest BCUT2D eigenvalue weighted by Gasteiger charge is -2.09. The molecule has 0 bridgehead atoms. The molecule has 2 aromatic rings. The number of aryl methyl sites for hydroxylation is 1. The van der Waals surface area contributed by atoms with Crippen LogP contribution in [0.1, 0.15) is 25.0 Å². The molecule has 1 unspecified atom stereocenters. The highest BCUT2D eigenvalue weighted by molar-refractivity contribution is 5.83. The Bertz CT molecular complexity index is 519. The molecule has 16 heavy (non-hydrogen) atoms. The van der Waals surface area contributed by atoms with Gasteiger partial charge in [-0.25, -0.2) is 0 Å². The minimum absolute atomic E-state index is 0.541. The minimum Gasteiger partial charge on any atom is -0.361 e. The van der Waals surface area contributed by atoms with Gasteiger partial charge in [-0.15, -0.1) is 0 Å². The molecule has 0 radical (unpaired) electrons. The highest BCUT2D eigenvalue weighted by Gasteiger charge is 2.08. The summed E-state index contributed by atoms with van der Waals surface area (Å²) in [5, 5.41) is 1.35. The Morgan fingerprint density at radius 1 is 1.44 bits per heavy atom. The fourth-order valence-electron chi connectivity index (χ4n) is 1.97. The van der Waals surface area contributed by atoms with Crippen molar-refractivity contribution in [3.05, 3.63) is 47.7 Å². The molecule has 0 saturated carbocycles. The standard InChI is InChI=1S/C15H19N/c1-10(2)12(4)8-13-9-16-15-6-5-11(3)7-14(13)15/h5-7,9,12,16H,1,8H2,2-4H3. The van der Waals surface area contributed by atoms with Crippen LogP contribution in [0.3, 0.4) is 0 Å². The SMILES string of the molecule is C=C(C)C(C)Cc1c[nH]c2ccc(C)cc12. The van der Waals surface area contributed by atoms with Gasteiger partial charge in [-0.3, -0.25) is 0 Å². The van der Waals surface area contributed by atoms with Gasteiger partial charge in [-0.05, 0) is 43.9 Å². The fraction of sp³-hybridized carbons (Fsp3) is 0.333. The van der Waals surface area contributed by atoms with Gasteiger partial charge in [-0.2, -0.15) is 0 Å². The van der Waals surface area contributed by atoms with Crippen molar-refractivity contribution in [2.75, 3.05) is 0 Å². The number of hydrogen-bond donors (Lipinski definition) is 1. The van der Waals surface area contributed by atoms with Gasteiger partial charge in [0.25, 0.3) is 0 Å². The number of rotatable bonds is 3. The van der Waals surface area contributed by atoms with E-state index in [4.69, 9.17) is 0 Å². The van der Waals surface area contributed by atoms with E-state index in [1.54, 1.807) is 0 Å². The first-order valence-electron chi connectivity index (χ1n) is 5.80. The van der Waals surface area contributed by atoms with E-state index >= 15 is 0 Å². The largest absolute Gasteiger partial charge is 0.361 e. The predicted molar refractivity (Wildman–Crippen MR) is 70.7 cm³/mol. The summed E-state index contributed by atoms with van der Waals surface area (Å²) in [5.41, 5.74) is 5.20. The van der Waals surface area contributed by atoms with Crippen LogP contribution in [-0.4, -0.2) is 4.98 Å². The molecule has 1 N–H and O–H groups in total. The Morgan fingerprint density at radius 3 is 2.88 bits per heavy atom. The quantitative estimate of drug-likeness (QED) is 0.734. The molecule has 1 nitrogen and oxygen atoms in total. The van der Waals surface area contributed by atoms with Gasteiger partial charge in [0.05, 0.1) is 0 Å². The van der Waals surface area contributed by atoms with E-state index < -0.39 is 0 Å². The zero-order chi connectivity index (χ0) is 11.7. The number of aromatic amines is 1. The monoisotopic (exact) mass is 213 g/mol. The molecule has 1 aromatic heterocycles. The lowest BCUT2D eigenvalue weighted by molar-refractivity contribution is 0.683. The smallest absolute Gasteiger partial charge is 0.0456 e. The van der Waals surface area contributed by atoms with Crippen LogP contribution in [-0.2, 0) is 6.42 Å². The summed E-state index contributed by atoms with van der Waals surface area (Å²) in [6, 6.07) is 6.55. The number of hydrogen-bond acceptors (Lipinski definition) is 0. The van der Waals surface area contributed by atoms with Gasteiger partial charge in [0.2, 0.25) is 0 Å². The summed E-state index contributed by atoms with van der Waals surface area (Å²) in [6.07, 6.45) is 3.20. The Labute approximate surface area is 97.2 Å². The second kappa shape index (κ2) is 4.17. The Morgan fingerprint density at radius 2 is 2.19 bits per heavy atom. The summed E-state index contributed by atoms with van der Waals surface area (Å²) in [4.78, 5) is 3.33. The summed E-state index contributed by atoms with van der Waals surface area (Å²) in [5.74, 6) is 0.541. The Kier molecular flexibility index (Phi) is 2.86. The number of allylic oxidation sites excluding steroid dienone is 1. The van der Waals surface area contributed by atoms with Crippen molar-refractivity contribution in [2.24, 2.45) is 5.92 Å². The maximum absolute atomic E-state index is 4.02. The number of nitrogens with one attached hydrogen (secondary N) is 1. The number of fused-ring (bicyclic) bond motifs is 1. The van der Waals surface area contributed by atoms with E-state index in [2.05, 4.69) is 56.7 Å². The Hall–Kier alpha value is -1.50. The molecule has 0 amide bonds.